The predicted octanol–water partition coefficient (Wildman–Crippen LogP) is 2.83. The van der Waals surface area contributed by atoms with Crippen molar-refractivity contribution in [2.45, 2.75) is 38.6 Å². The summed E-state index contributed by atoms with van der Waals surface area (Å²) in [5, 5.41) is 3.00. The Balaban J connectivity index is 2.47. The number of hydrogen-bond acceptors (Lipinski definition) is 3. The molecule has 1 aromatic rings. The highest BCUT2D eigenvalue weighted by Crippen LogP contribution is 2.23. The summed E-state index contributed by atoms with van der Waals surface area (Å²) < 4.78 is 0. The van der Waals surface area contributed by atoms with Gasteiger partial charge >= 0.3 is 0 Å². The zero-order valence-electron chi connectivity index (χ0n) is 11.5. The molecule has 0 fully saturated rings. The van der Waals surface area contributed by atoms with Crippen molar-refractivity contribution < 1.29 is 4.79 Å². The van der Waals surface area contributed by atoms with Gasteiger partial charge in [-0.15, -0.1) is 11.8 Å². The number of hydrogen-bond donors (Lipinski definition) is 2. The predicted molar refractivity (Wildman–Crippen MR) is 78.8 cm³/mol. The number of nitrogens with two attached hydrogens (primary N) is 1. The van der Waals surface area contributed by atoms with Crippen molar-refractivity contribution in [2.75, 3.05) is 11.5 Å². The molecular weight excluding hydrogens is 244 g/mol. The van der Waals surface area contributed by atoms with E-state index in [1.807, 2.05) is 32.0 Å². The van der Waals surface area contributed by atoms with Gasteiger partial charge in [-0.25, -0.2) is 0 Å². The van der Waals surface area contributed by atoms with Crippen molar-refractivity contribution in [3.8, 4) is 0 Å². The molecule has 0 heterocycles. The molecule has 0 spiro atoms. The Labute approximate surface area is 114 Å². The highest BCUT2D eigenvalue weighted by atomic mass is 32.2. The van der Waals surface area contributed by atoms with Crippen molar-refractivity contribution in [3.63, 3.8) is 0 Å². The Hall–Kier alpha value is -1.16. The maximum absolute atomic E-state index is 11.8. The van der Waals surface area contributed by atoms with E-state index >= 15 is 0 Å². The number of anilines is 1. The van der Waals surface area contributed by atoms with Crippen LogP contribution in [0, 0.1) is 12.8 Å². The minimum absolute atomic E-state index is 0.0809. The van der Waals surface area contributed by atoms with Crippen molar-refractivity contribution in [1.29, 1.82) is 0 Å². The van der Waals surface area contributed by atoms with Gasteiger partial charge < -0.3 is 11.1 Å². The van der Waals surface area contributed by atoms with Crippen LogP contribution < -0.4 is 11.1 Å². The molecule has 3 N–H and O–H groups in total. The molecule has 100 valence electrons. The standard InChI is InChI=1S/C14H22N2OS/c1-9(2)11(4)16-14(17)8-18-13-6-5-12(15)7-10(13)3/h5-7,9,11H,8,15H2,1-4H3,(H,16,17). The van der Waals surface area contributed by atoms with Crippen LogP contribution in [0.15, 0.2) is 23.1 Å². The van der Waals surface area contributed by atoms with Gasteiger partial charge in [0.25, 0.3) is 0 Å². The highest BCUT2D eigenvalue weighted by Gasteiger charge is 2.11. The van der Waals surface area contributed by atoms with E-state index in [1.165, 1.54) is 0 Å². The summed E-state index contributed by atoms with van der Waals surface area (Å²) in [7, 11) is 0. The third kappa shape index (κ3) is 4.61. The molecule has 1 aromatic carbocycles. The second-order valence-electron chi connectivity index (χ2n) is 4.91. The molecule has 3 nitrogen and oxygen atoms in total. The van der Waals surface area contributed by atoms with Gasteiger partial charge in [0, 0.05) is 16.6 Å². The number of thioether (sulfide) groups is 1. The van der Waals surface area contributed by atoms with E-state index in [0.29, 0.717) is 11.7 Å². The molecular formula is C14H22N2OS. The summed E-state index contributed by atoms with van der Waals surface area (Å²) in [5.74, 6) is 0.983. The van der Waals surface area contributed by atoms with Crippen molar-refractivity contribution in [3.05, 3.63) is 23.8 Å². The van der Waals surface area contributed by atoms with Crippen molar-refractivity contribution in [1.82, 2.24) is 5.32 Å². The number of amides is 1. The van der Waals surface area contributed by atoms with Crippen LogP contribution in [-0.4, -0.2) is 17.7 Å². The minimum atomic E-state index is 0.0809. The van der Waals surface area contributed by atoms with Gasteiger partial charge in [0.2, 0.25) is 5.91 Å². The van der Waals surface area contributed by atoms with Crippen LogP contribution in [0.3, 0.4) is 0 Å². The third-order valence-electron chi connectivity index (χ3n) is 2.95. The van der Waals surface area contributed by atoms with E-state index in [9.17, 15) is 4.79 Å². The molecule has 0 bridgehead atoms. The first-order valence-electron chi connectivity index (χ1n) is 6.18. The van der Waals surface area contributed by atoms with E-state index in [2.05, 4.69) is 19.2 Å². The van der Waals surface area contributed by atoms with Gasteiger partial charge in [0.15, 0.2) is 0 Å². The van der Waals surface area contributed by atoms with Crippen LogP contribution in [0.1, 0.15) is 26.3 Å². The summed E-state index contributed by atoms with van der Waals surface area (Å²) >= 11 is 1.55. The monoisotopic (exact) mass is 266 g/mol. The average molecular weight is 266 g/mol. The van der Waals surface area contributed by atoms with Gasteiger partial charge in [-0.2, -0.15) is 0 Å². The molecule has 1 rings (SSSR count). The molecule has 4 heteroatoms. The van der Waals surface area contributed by atoms with Crippen molar-refractivity contribution >= 4 is 23.4 Å². The summed E-state index contributed by atoms with van der Waals surface area (Å²) in [6, 6.07) is 5.97. The second-order valence-corrected chi connectivity index (χ2v) is 5.93. The number of benzene rings is 1. The summed E-state index contributed by atoms with van der Waals surface area (Å²) in [6.45, 7) is 8.24. The lowest BCUT2D eigenvalue weighted by atomic mass is 10.1. The van der Waals surface area contributed by atoms with E-state index in [-0.39, 0.29) is 11.9 Å². The van der Waals surface area contributed by atoms with E-state index in [1.54, 1.807) is 11.8 Å². The first kappa shape index (κ1) is 14.9. The molecule has 0 aliphatic carbocycles. The topological polar surface area (TPSA) is 55.1 Å². The lowest BCUT2D eigenvalue weighted by Crippen LogP contribution is -2.37. The van der Waals surface area contributed by atoms with E-state index < -0.39 is 0 Å². The van der Waals surface area contributed by atoms with Gasteiger partial charge in [0.05, 0.1) is 5.75 Å². The maximum atomic E-state index is 11.8. The Morgan fingerprint density at radius 1 is 1.39 bits per heavy atom. The first-order valence-corrected chi connectivity index (χ1v) is 7.17. The average Bonchev–Trinajstić information content (AvgIpc) is 2.27. The molecule has 0 radical (unpaired) electrons. The molecule has 0 aromatic heterocycles. The Bertz CT molecular complexity index is 418. The largest absolute Gasteiger partial charge is 0.399 e. The van der Waals surface area contributed by atoms with Gasteiger partial charge in [-0.1, -0.05) is 13.8 Å². The SMILES string of the molecule is Cc1cc(N)ccc1SCC(=O)NC(C)C(C)C. The number of aryl methyl sites for hydroxylation is 1. The zero-order valence-corrected chi connectivity index (χ0v) is 12.3. The van der Waals surface area contributed by atoms with Gasteiger partial charge in [-0.05, 0) is 43.5 Å². The maximum Gasteiger partial charge on any atom is 0.230 e. The first-order chi connectivity index (χ1) is 8.40. The molecule has 1 atom stereocenters. The quantitative estimate of drug-likeness (QED) is 0.636. The zero-order chi connectivity index (χ0) is 13.7. The fourth-order valence-electron chi connectivity index (χ4n) is 1.44. The number of nitrogens with one attached hydrogen (secondary N) is 1. The van der Waals surface area contributed by atoms with Crippen LogP contribution in [0.25, 0.3) is 0 Å². The van der Waals surface area contributed by atoms with E-state index in [4.69, 9.17) is 5.73 Å². The number of carbonyl (C=O) groups excluding carboxylic acids is 1. The van der Waals surface area contributed by atoms with Gasteiger partial charge in [-0.3, -0.25) is 4.79 Å². The Morgan fingerprint density at radius 3 is 2.61 bits per heavy atom. The van der Waals surface area contributed by atoms with Crippen LogP contribution in [0.4, 0.5) is 5.69 Å². The lowest BCUT2D eigenvalue weighted by Gasteiger charge is -2.17. The smallest absolute Gasteiger partial charge is 0.230 e. The number of nitrogen functional groups attached to an aromatic ring is 1. The van der Waals surface area contributed by atoms with Gasteiger partial charge in [0.1, 0.15) is 0 Å². The molecule has 0 saturated carbocycles. The third-order valence-corrected chi connectivity index (χ3v) is 4.12. The molecule has 0 aliphatic heterocycles. The molecule has 0 saturated heterocycles. The number of carbonyl (C=O) groups is 1. The highest BCUT2D eigenvalue weighted by molar-refractivity contribution is 8.00. The minimum Gasteiger partial charge on any atom is -0.399 e. The Kier molecular flexibility index (Phi) is 5.54. The normalized spacial score (nSPS) is 12.5. The lowest BCUT2D eigenvalue weighted by molar-refractivity contribution is -0.119. The fourth-order valence-corrected chi connectivity index (χ4v) is 2.26. The molecule has 0 aliphatic rings. The van der Waals surface area contributed by atoms with Crippen LogP contribution in [0.5, 0.6) is 0 Å². The van der Waals surface area contributed by atoms with Crippen LogP contribution in [-0.2, 0) is 4.79 Å². The molecule has 1 unspecified atom stereocenters. The van der Waals surface area contributed by atoms with E-state index in [0.717, 1.165) is 16.1 Å². The molecule has 18 heavy (non-hydrogen) atoms. The molecule has 1 amide bonds. The fraction of sp³-hybridized carbons (Fsp3) is 0.500. The van der Waals surface area contributed by atoms with Crippen LogP contribution >= 0.6 is 11.8 Å². The number of rotatable bonds is 5. The second kappa shape index (κ2) is 6.69. The Morgan fingerprint density at radius 2 is 2.06 bits per heavy atom. The summed E-state index contributed by atoms with van der Waals surface area (Å²) in [6.07, 6.45) is 0. The van der Waals surface area contributed by atoms with Crippen molar-refractivity contribution in [2.24, 2.45) is 5.92 Å². The summed E-state index contributed by atoms with van der Waals surface area (Å²) in [4.78, 5) is 12.9. The van der Waals surface area contributed by atoms with Crippen LogP contribution in [0.2, 0.25) is 0 Å². The summed E-state index contributed by atoms with van der Waals surface area (Å²) in [5.41, 5.74) is 7.57.